The molecule has 1 aliphatic heterocycles. The van der Waals surface area contributed by atoms with Gasteiger partial charge < -0.3 is 10.1 Å². The number of nitrogens with one attached hydrogen (secondary N) is 1. The first kappa shape index (κ1) is 19.6. The molecule has 0 aromatic carbocycles. The first-order valence-electron chi connectivity index (χ1n) is 9.83. The molecular weight excluding hydrogens is 366 g/mol. The number of esters is 2. The van der Waals surface area contributed by atoms with Crippen LogP contribution in [0.2, 0.25) is 0 Å². The number of hydrogen-bond acceptors (Lipinski definition) is 6. The molecule has 0 atom stereocenters. The maximum Gasteiger partial charge on any atom is 0.346 e. The molecule has 0 aromatic rings. The number of carbonyl (C=O) groups excluding carboxylic acids is 4. The number of thioether (sulfide) groups is 1. The van der Waals surface area contributed by atoms with Gasteiger partial charge in [-0.3, -0.25) is 9.59 Å². The van der Waals surface area contributed by atoms with E-state index >= 15 is 0 Å². The summed E-state index contributed by atoms with van der Waals surface area (Å²) in [5.41, 5.74) is -0.0209. The third-order valence-electron chi connectivity index (χ3n) is 3.54. The van der Waals surface area contributed by atoms with Crippen LogP contribution in [0.5, 0.6) is 0 Å². The number of allylic oxidation sites excluding steroid dienone is 3. The molecule has 6 nitrogen and oxygen atoms in total. The van der Waals surface area contributed by atoms with Crippen molar-refractivity contribution in [2.75, 3.05) is 12.3 Å². The lowest BCUT2D eigenvalue weighted by Crippen LogP contribution is -2.22. The van der Waals surface area contributed by atoms with Crippen LogP contribution in [0.25, 0.3) is 0 Å². The molecule has 0 aromatic heterocycles. The molecule has 0 unspecified atom stereocenters. The average Bonchev–Trinajstić information content (AvgIpc) is 2.89. The summed E-state index contributed by atoms with van der Waals surface area (Å²) < 4.78 is 20.6. The number of amides is 1. The number of ether oxygens (including phenoxy) is 1. The lowest BCUT2D eigenvalue weighted by atomic mass is 10.1. The Morgan fingerprint density at radius 1 is 1.19 bits per heavy atom. The van der Waals surface area contributed by atoms with Gasteiger partial charge in [0.1, 0.15) is 0 Å². The first-order valence-corrected chi connectivity index (χ1v) is 9.82. The third kappa shape index (κ3) is 9.38. The van der Waals surface area contributed by atoms with Crippen LogP contribution in [0, 0.1) is 0 Å². The van der Waals surface area contributed by atoms with E-state index in [4.69, 9.17) is 2.74 Å². The molecule has 0 fully saturated rings. The number of hydrogen-bond donors (Lipinski definition) is 1. The van der Waals surface area contributed by atoms with E-state index in [2.05, 4.69) is 10.1 Å². The Hall–Kier alpha value is -2.15. The Kier molecular flexibility index (Phi) is 9.50. The van der Waals surface area contributed by atoms with E-state index in [1.807, 2.05) is 19.1 Å². The number of carbonyl (C=O) groups is 4. The summed E-state index contributed by atoms with van der Waals surface area (Å²) in [7, 11) is 0. The Morgan fingerprint density at radius 3 is 2.67 bits per heavy atom. The fourth-order valence-electron chi connectivity index (χ4n) is 2.23. The van der Waals surface area contributed by atoms with Gasteiger partial charge in [-0.05, 0) is 32.6 Å². The van der Waals surface area contributed by atoms with Crippen LogP contribution in [0.1, 0.15) is 55.1 Å². The van der Waals surface area contributed by atoms with E-state index in [-0.39, 0.29) is 35.0 Å². The molecule has 0 spiro atoms. The predicted octanol–water partition coefficient (Wildman–Crippen LogP) is 3.24. The first-order chi connectivity index (χ1) is 13.7. The highest BCUT2D eigenvalue weighted by molar-refractivity contribution is 8.13. The Balaban J connectivity index is 2.66. The predicted molar refractivity (Wildman–Crippen MR) is 106 cm³/mol. The van der Waals surface area contributed by atoms with E-state index in [9.17, 15) is 19.2 Å². The number of rotatable bonds is 12. The molecule has 1 amide bonds. The summed E-state index contributed by atoms with van der Waals surface area (Å²) in [4.78, 5) is 46.6. The molecule has 1 rings (SSSR count). The molecule has 1 aliphatic rings. The van der Waals surface area contributed by atoms with Crippen LogP contribution in [0.15, 0.2) is 35.5 Å². The smallest absolute Gasteiger partial charge is 0.346 e. The molecule has 0 saturated carbocycles. The fourth-order valence-corrected chi connectivity index (χ4v) is 2.91. The summed E-state index contributed by atoms with van der Waals surface area (Å²) in [5, 5.41) is 2.25. The summed E-state index contributed by atoms with van der Waals surface area (Å²) in [5.74, 6) is -1.52. The van der Waals surface area contributed by atoms with E-state index in [0.717, 1.165) is 18.2 Å². The summed E-state index contributed by atoms with van der Waals surface area (Å²) in [6.07, 6.45) is 7.05. The van der Waals surface area contributed by atoms with Crippen LogP contribution in [0.3, 0.4) is 0 Å². The maximum absolute atomic E-state index is 12.1. The topological polar surface area (TPSA) is 89.5 Å². The molecule has 0 radical (unpaired) electrons. The van der Waals surface area contributed by atoms with E-state index < -0.39 is 18.3 Å². The molecule has 0 saturated heterocycles. The van der Waals surface area contributed by atoms with Gasteiger partial charge in [0.2, 0.25) is 5.91 Å². The van der Waals surface area contributed by atoms with Crippen molar-refractivity contribution in [3.63, 3.8) is 0 Å². The van der Waals surface area contributed by atoms with Crippen molar-refractivity contribution in [1.29, 1.82) is 0 Å². The SMILES string of the molecule is [2H]C([2H])(C/C=C/C1=C(CC(=O)SCCNC(C)=O)C(=O)OC1=O)CCC/C=C/C. The van der Waals surface area contributed by atoms with Crippen molar-refractivity contribution in [3.8, 4) is 0 Å². The largest absolute Gasteiger partial charge is 0.386 e. The van der Waals surface area contributed by atoms with Crippen molar-refractivity contribution in [3.05, 3.63) is 35.5 Å². The second-order valence-corrected chi connectivity index (χ2v) is 6.92. The second-order valence-electron chi connectivity index (χ2n) is 5.77. The van der Waals surface area contributed by atoms with Gasteiger partial charge in [0.15, 0.2) is 5.12 Å². The van der Waals surface area contributed by atoms with Crippen LogP contribution in [-0.4, -0.2) is 35.3 Å². The van der Waals surface area contributed by atoms with Crippen molar-refractivity contribution >= 4 is 34.7 Å². The minimum absolute atomic E-state index is 0.00414. The van der Waals surface area contributed by atoms with Gasteiger partial charge in [-0.2, -0.15) is 0 Å². The van der Waals surface area contributed by atoms with Crippen LogP contribution < -0.4 is 5.32 Å². The van der Waals surface area contributed by atoms with Gasteiger partial charge in [-0.15, -0.1) is 0 Å². The Labute approximate surface area is 167 Å². The lowest BCUT2D eigenvalue weighted by molar-refractivity contribution is -0.151. The fraction of sp³-hybridized carbons (Fsp3) is 0.500. The molecule has 1 heterocycles. The van der Waals surface area contributed by atoms with Gasteiger partial charge in [-0.25, -0.2) is 9.59 Å². The third-order valence-corrected chi connectivity index (χ3v) is 4.42. The number of unbranched alkanes of at least 4 members (excludes halogenated alkanes) is 1. The molecule has 0 aliphatic carbocycles. The van der Waals surface area contributed by atoms with Crippen molar-refractivity contribution in [2.45, 2.75) is 52.3 Å². The molecule has 1 N–H and O–H groups in total. The van der Waals surface area contributed by atoms with Crippen LogP contribution in [0.4, 0.5) is 0 Å². The van der Waals surface area contributed by atoms with Crippen molar-refractivity contribution in [2.24, 2.45) is 0 Å². The standard InChI is InChI=1S/C20H27NO5S/c1-3-4-5-6-7-8-9-10-11-16-17(20(25)26-19(16)24)14-18(23)27-13-12-21-15(2)22/h3-4,10-11H,5-9,12-14H2,1-2H3,(H,21,22)/b4-3+,11-10+/i8D2. The van der Waals surface area contributed by atoms with Crippen molar-refractivity contribution < 1.29 is 26.7 Å². The second kappa shape index (κ2) is 13.1. The molecule has 148 valence electrons. The highest BCUT2D eigenvalue weighted by Gasteiger charge is 2.32. The average molecular weight is 396 g/mol. The monoisotopic (exact) mass is 395 g/mol. The molecular formula is C20H27NO5S. The molecule has 7 heteroatoms. The van der Waals surface area contributed by atoms with Crippen LogP contribution in [-0.2, 0) is 23.9 Å². The minimum atomic E-state index is -1.43. The van der Waals surface area contributed by atoms with Gasteiger partial charge in [0.25, 0.3) is 0 Å². The van der Waals surface area contributed by atoms with E-state index in [1.165, 1.54) is 19.1 Å². The highest BCUT2D eigenvalue weighted by atomic mass is 32.2. The maximum atomic E-state index is 12.1. The van der Waals surface area contributed by atoms with E-state index in [1.54, 1.807) is 0 Å². The van der Waals surface area contributed by atoms with E-state index in [0.29, 0.717) is 25.1 Å². The highest BCUT2D eigenvalue weighted by Crippen LogP contribution is 2.24. The number of cyclic esters (lactones) is 2. The Bertz CT molecular complexity index is 728. The van der Waals surface area contributed by atoms with Gasteiger partial charge in [-0.1, -0.05) is 42.5 Å². The van der Waals surface area contributed by atoms with Crippen LogP contribution >= 0.6 is 11.8 Å². The zero-order valence-corrected chi connectivity index (χ0v) is 16.5. The summed E-state index contributed by atoms with van der Waals surface area (Å²) >= 11 is 0.955. The summed E-state index contributed by atoms with van der Waals surface area (Å²) in [6, 6.07) is 0. The normalized spacial score (nSPS) is 16.1. The van der Waals surface area contributed by atoms with Crippen molar-refractivity contribution in [1.82, 2.24) is 5.32 Å². The van der Waals surface area contributed by atoms with Gasteiger partial charge in [0, 0.05) is 28.4 Å². The Morgan fingerprint density at radius 2 is 1.96 bits per heavy atom. The summed E-state index contributed by atoms with van der Waals surface area (Å²) in [6.45, 7) is 3.61. The minimum Gasteiger partial charge on any atom is -0.386 e. The van der Waals surface area contributed by atoms with Gasteiger partial charge >= 0.3 is 11.9 Å². The zero-order valence-electron chi connectivity index (χ0n) is 17.7. The zero-order chi connectivity index (χ0) is 21.9. The van der Waals surface area contributed by atoms with Gasteiger partial charge in [0.05, 0.1) is 11.1 Å². The molecule has 27 heavy (non-hydrogen) atoms. The lowest BCUT2D eigenvalue weighted by Gasteiger charge is -2.02. The quantitative estimate of drug-likeness (QED) is 0.236. The molecule has 0 bridgehead atoms.